The van der Waals surface area contributed by atoms with Crippen LogP contribution in [0.5, 0.6) is 0 Å². The summed E-state index contributed by atoms with van der Waals surface area (Å²) in [7, 11) is 0. The van der Waals surface area contributed by atoms with Gasteiger partial charge in [-0.2, -0.15) is 0 Å². The summed E-state index contributed by atoms with van der Waals surface area (Å²) in [6, 6.07) is 2.34. The van der Waals surface area contributed by atoms with Crippen molar-refractivity contribution in [2.75, 3.05) is 0 Å². The first-order chi connectivity index (χ1) is 9.59. The molecule has 102 valence electrons. The predicted octanol–water partition coefficient (Wildman–Crippen LogP) is 2.55. The fraction of sp³-hybridized carbons (Fsp3) is 0.143. The third-order valence-corrected chi connectivity index (χ3v) is 3.28. The van der Waals surface area contributed by atoms with Crippen LogP contribution in [0.3, 0.4) is 0 Å². The Morgan fingerprint density at radius 3 is 3.05 bits per heavy atom. The normalized spacial score (nSPS) is 19.4. The molecule has 0 saturated carbocycles. The maximum absolute atomic E-state index is 14.0. The number of hydrogen-bond acceptors (Lipinski definition) is 3. The number of carbonyl (C=O) groups excluding carboxylic acids is 1. The minimum absolute atomic E-state index is 0.0455. The minimum Gasteiger partial charge on any atom is -0.345 e. The zero-order valence-corrected chi connectivity index (χ0v) is 10.4. The largest absolute Gasteiger partial charge is 0.345 e. The van der Waals surface area contributed by atoms with Gasteiger partial charge in [-0.15, -0.1) is 0 Å². The van der Waals surface area contributed by atoms with Crippen LogP contribution in [-0.4, -0.2) is 21.8 Å². The molecule has 0 radical (unpaired) electrons. The predicted molar refractivity (Wildman–Crippen MR) is 70.3 cm³/mol. The SMILES string of the molecule is NC1CC=C(F)C(C(=O)c2c[nH]c3ncccc23)=C1F. The van der Waals surface area contributed by atoms with Crippen LogP contribution < -0.4 is 5.73 Å². The van der Waals surface area contributed by atoms with E-state index in [1.165, 1.54) is 6.20 Å². The molecule has 3 N–H and O–H groups in total. The summed E-state index contributed by atoms with van der Waals surface area (Å²) in [4.78, 5) is 19.2. The van der Waals surface area contributed by atoms with Crippen LogP contribution in [0, 0.1) is 0 Å². The van der Waals surface area contributed by atoms with Gasteiger partial charge in [0, 0.05) is 23.3 Å². The lowest BCUT2D eigenvalue weighted by Crippen LogP contribution is -2.26. The third kappa shape index (κ3) is 1.85. The van der Waals surface area contributed by atoms with E-state index in [9.17, 15) is 13.6 Å². The summed E-state index contributed by atoms with van der Waals surface area (Å²) in [6.45, 7) is 0. The van der Waals surface area contributed by atoms with Gasteiger partial charge < -0.3 is 10.7 Å². The first kappa shape index (κ1) is 12.7. The average molecular weight is 275 g/mol. The zero-order chi connectivity index (χ0) is 14.3. The highest BCUT2D eigenvalue weighted by Gasteiger charge is 2.29. The second kappa shape index (κ2) is 4.64. The van der Waals surface area contributed by atoms with Gasteiger partial charge in [-0.3, -0.25) is 4.79 Å². The Morgan fingerprint density at radius 1 is 1.45 bits per heavy atom. The van der Waals surface area contributed by atoms with Gasteiger partial charge in [0.15, 0.2) is 0 Å². The first-order valence-corrected chi connectivity index (χ1v) is 6.07. The maximum Gasteiger partial charge on any atom is 0.200 e. The van der Waals surface area contributed by atoms with E-state index in [1.807, 2.05) is 0 Å². The smallest absolute Gasteiger partial charge is 0.200 e. The number of aromatic amines is 1. The van der Waals surface area contributed by atoms with Gasteiger partial charge in [-0.1, -0.05) is 0 Å². The van der Waals surface area contributed by atoms with Crippen molar-refractivity contribution >= 4 is 16.8 Å². The molecule has 3 rings (SSSR count). The molecule has 6 heteroatoms. The number of nitrogens with two attached hydrogens (primary N) is 1. The molecule has 4 nitrogen and oxygen atoms in total. The molecular formula is C14H11F2N3O. The van der Waals surface area contributed by atoms with E-state index in [1.54, 1.807) is 18.3 Å². The van der Waals surface area contributed by atoms with Gasteiger partial charge in [0.2, 0.25) is 5.78 Å². The summed E-state index contributed by atoms with van der Waals surface area (Å²) in [5.41, 5.74) is 5.59. The number of halogens is 2. The maximum atomic E-state index is 14.0. The summed E-state index contributed by atoms with van der Waals surface area (Å²) in [5.74, 6) is -2.51. The molecule has 1 aliphatic carbocycles. The fourth-order valence-electron chi connectivity index (χ4n) is 2.23. The van der Waals surface area contributed by atoms with Crippen LogP contribution in [0.25, 0.3) is 11.0 Å². The van der Waals surface area contributed by atoms with Crippen molar-refractivity contribution in [2.45, 2.75) is 12.5 Å². The molecule has 0 saturated heterocycles. The zero-order valence-electron chi connectivity index (χ0n) is 10.4. The molecule has 1 unspecified atom stereocenters. The highest BCUT2D eigenvalue weighted by atomic mass is 19.1. The van der Waals surface area contributed by atoms with E-state index in [-0.39, 0.29) is 12.0 Å². The van der Waals surface area contributed by atoms with Crippen molar-refractivity contribution in [3.63, 3.8) is 0 Å². The molecule has 0 aliphatic heterocycles. The van der Waals surface area contributed by atoms with Gasteiger partial charge in [0.1, 0.15) is 17.3 Å². The molecule has 1 atom stereocenters. The number of nitrogens with zero attached hydrogens (tertiary/aromatic N) is 1. The molecule has 2 aromatic rings. The van der Waals surface area contributed by atoms with E-state index in [2.05, 4.69) is 9.97 Å². The Hall–Kier alpha value is -2.34. The van der Waals surface area contributed by atoms with E-state index < -0.39 is 29.1 Å². The molecule has 0 fully saturated rings. The van der Waals surface area contributed by atoms with Gasteiger partial charge in [0.05, 0.1) is 11.6 Å². The van der Waals surface area contributed by atoms with Crippen LogP contribution in [-0.2, 0) is 0 Å². The van der Waals surface area contributed by atoms with Gasteiger partial charge in [0.25, 0.3) is 0 Å². The Labute approximate surface area is 113 Å². The van der Waals surface area contributed by atoms with E-state index in [0.717, 1.165) is 6.08 Å². The third-order valence-electron chi connectivity index (χ3n) is 3.28. The summed E-state index contributed by atoms with van der Waals surface area (Å²) < 4.78 is 27.7. The number of aromatic nitrogens is 2. The molecule has 2 heterocycles. The Balaban J connectivity index is 2.13. The number of ketones is 1. The standard InChI is InChI=1S/C14H11F2N3O/c15-9-3-4-10(17)12(16)11(9)13(20)8-6-19-14-7(8)2-1-5-18-14/h1-3,5-6,10H,4,17H2,(H,18,19). The van der Waals surface area contributed by atoms with E-state index >= 15 is 0 Å². The van der Waals surface area contributed by atoms with Crippen LogP contribution in [0.15, 0.2) is 47.8 Å². The molecule has 0 aromatic carbocycles. The molecule has 0 amide bonds. The number of nitrogens with one attached hydrogen (secondary N) is 1. The van der Waals surface area contributed by atoms with E-state index in [4.69, 9.17) is 5.73 Å². The molecule has 2 aromatic heterocycles. The molecule has 20 heavy (non-hydrogen) atoms. The highest BCUT2D eigenvalue weighted by molar-refractivity contribution is 6.17. The second-order valence-corrected chi connectivity index (χ2v) is 4.55. The van der Waals surface area contributed by atoms with Crippen molar-refractivity contribution < 1.29 is 13.6 Å². The lowest BCUT2D eigenvalue weighted by Gasteiger charge is -2.16. The molecule has 1 aliphatic rings. The number of H-pyrrole nitrogens is 1. The summed E-state index contributed by atoms with van der Waals surface area (Å²) in [6.07, 6.45) is 4.13. The van der Waals surface area contributed by atoms with Crippen molar-refractivity contribution in [1.82, 2.24) is 9.97 Å². The van der Waals surface area contributed by atoms with Gasteiger partial charge in [-0.05, 0) is 24.6 Å². The number of rotatable bonds is 2. The van der Waals surface area contributed by atoms with Crippen LogP contribution in [0.2, 0.25) is 0 Å². The number of pyridine rings is 1. The monoisotopic (exact) mass is 275 g/mol. The Kier molecular flexibility index (Phi) is 2.94. The van der Waals surface area contributed by atoms with Crippen LogP contribution in [0.1, 0.15) is 16.8 Å². The van der Waals surface area contributed by atoms with Crippen molar-refractivity contribution in [1.29, 1.82) is 0 Å². The van der Waals surface area contributed by atoms with Crippen LogP contribution >= 0.6 is 0 Å². The number of fused-ring (bicyclic) bond motifs is 1. The summed E-state index contributed by atoms with van der Waals surface area (Å²) >= 11 is 0. The number of allylic oxidation sites excluding steroid dienone is 2. The number of Topliss-reactive ketones (excluding diaryl/α,β-unsaturated/α-hetero) is 1. The topological polar surface area (TPSA) is 71.8 Å². The van der Waals surface area contributed by atoms with Crippen LogP contribution in [0.4, 0.5) is 8.78 Å². The molecule has 0 spiro atoms. The minimum atomic E-state index is -0.975. The quantitative estimate of drug-likeness (QED) is 0.827. The average Bonchev–Trinajstić information content (AvgIpc) is 2.87. The van der Waals surface area contributed by atoms with Crippen molar-refractivity contribution in [3.05, 3.63) is 53.4 Å². The highest BCUT2D eigenvalue weighted by Crippen LogP contribution is 2.31. The Morgan fingerprint density at radius 2 is 2.25 bits per heavy atom. The lowest BCUT2D eigenvalue weighted by molar-refractivity contribution is 0.103. The van der Waals surface area contributed by atoms with E-state index in [0.29, 0.717) is 11.0 Å². The lowest BCUT2D eigenvalue weighted by atomic mass is 9.94. The number of hydrogen-bond donors (Lipinski definition) is 2. The molecular weight excluding hydrogens is 264 g/mol. The Bertz CT molecular complexity index is 761. The fourth-order valence-corrected chi connectivity index (χ4v) is 2.23. The van der Waals surface area contributed by atoms with Crippen molar-refractivity contribution in [3.8, 4) is 0 Å². The molecule has 0 bridgehead atoms. The summed E-state index contributed by atoms with van der Waals surface area (Å²) in [5, 5.41) is 0.518. The van der Waals surface area contributed by atoms with Crippen molar-refractivity contribution in [2.24, 2.45) is 5.73 Å². The first-order valence-electron chi connectivity index (χ1n) is 6.07. The number of carbonyl (C=O) groups is 1. The van der Waals surface area contributed by atoms with Gasteiger partial charge >= 0.3 is 0 Å². The van der Waals surface area contributed by atoms with Gasteiger partial charge in [-0.25, -0.2) is 13.8 Å². The second-order valence-electron chi connectivity index (χ2n) is 4.55.